The van der Waals surface area contributed by atoms with Crippen molar-refractivity contribution in [2.24, 2.45) is 0 Å². The lowest BCUT2D eigenvalue weighted by Crippen LogP contribution is -2.30. The van der Waals surface area contributed by atoms with Crippen molar-refractivity contribution in [3.63, 3.8) is 0 Å². The van der Waals surface area contributed by atoms with Crippen molar-refractivity contribution in [3.8, 4) is 0 Å². The summed E-state index contributed by atoms with van der Waals surface area (Å²) in [4.78, 5) is 72.9. The van der Waals surface area contributed by atoms with Crippen LogP contribution in [-0.2, 0) is 65.4 Å². The minimum absolute atomic E-state index is 0.108. The zero-order valence-electron chi connectivity index (χ0n) is 64.5. The zero-order chi connectivity index (χ0) is 72.5. The summed E-state index contributed by atoms with van der Waals surface area (Å²) in [5.74, 6) is -2.11. The van der Waals surface area contributed by atoms with Crippen molar-refractivity contribution >= 4 is 39.5 Å². The highest BCUT2D eigenvalue weighted by Crippen LogP contribution is 2.45. The normalized spacial score (nSPS) is 13.8. The summed E-state index contributed by atoms with van der Waals surface area (Å²) >= 11 is 0. The van der Waals surface area contributed by atoms with Gasteiger partial charge in [-0.1, -0.05) is 381 Å². The second-order valence-corrected chi connectivity index (χ2v) is 31.7. The van der Waals surface area contributed by atoms with E-state index in [2.05, 4.69) is 27.7 Å². The number of phosphoric ester groups is 2. The van der Waals surface area contributed by atoms with E-state index in [9.17, 15) is 43.2 Å². The van der Waals surface area contributed by atoms with Crippen molar-refractivity contribution in [2.45, 2.75) is 451 Å². The largest absolute Gasteiger partial charge is 0.472 e. The number of aliphatic hydroxyl groups excluding tert-OH is 1. The number of hydrogen-bond donors (Lipinski definition) is 3. The summed E-state index contributed by atoms with van der Waals surface area (Å²) in [7, 11) is -9.91. The first kappa shape index (κ1) is 97.1. The molecule has 2 unspecified atom stereocenters. The molecule has 0 aliphatic heterocycles. The molecule has 3 N–H and O–H groups in total. The quantitative estimate of drug-likeness (QED) is 0.0222. The lowest BCUT2D eigenvalue weighted by atomic mass is 10.0. The van der Waals surface area contributed by atoms with Crippen molar-refractivity contribution in [2.75, 3.05) is 39.6 Å². The third kappa shape index (κ3) is 74.1. The average molecular weight is 1450 g/mol. The van der Waals surface area contributed by atoms with Gasteiger partial charge in [-0.2, -0.15) is 0 Å². The summed E-state index contributed by atoms with van der Waals surface area (Å²) in [6.45, 7) is 4.99. The van der Waals surface area contributed by atoms with Gasteiger partial charge in [0.25, 0.3) is 0 Å². The van der Waals surface area contributed by atoms with Gasteiger partial charge in [0.1, 0.15) is 19.3 Å². The summed E-state index contributed by atoms with van der Waals surface area (Å²) in [5.41, 5.74) is 0. The fraction of sp³-hybridized carbons (Fsp3) is 0.950. The number of hydrogen-bond acceptors (Lipinski definition) is 15. The van der Waals surface area contributed by atoms with Gasteiger partial charge in [-0.3, -0.25) is 37.3 Å². The molecular weight excluding hydrogens is 1290 g/mol. The summed E-state index contributed by atoms with van der Waals surface area (Å²) in [6, 6.07) is 0. The van der Waals surface area contributed by atoms with Gasteiger partial charge in [0, 0.05) is 25.7 Å². The van der Waals surface area contributed by atoms with Gasteiger partial charge in [-0.15, -0.1) is 0 Å². The fourth-order valence-corrected chi connectivity index (χ4v) is 14.0. The Morgan fingerprint density at radius 1 is 0.242 bits per heavy atom. The summed E-state index contributed by atoms with van der Waals surface area (Å²) < 4.78 is 68.6. The first-order chi connectivity index (χ1) is 48.2. The number of ether oxygens (including phenoxy) is 4. The number of carbonyl (C=O) groups is 4. The number of carbonyl (C=O) groups excluding carboxylic acids is 4. The maximum Gasteiger partial charge on any atom is 0.472 e. The van der Waals surface area contributed by atoms with Crippen LogP contribution in [0.4, 0.5) is 0 Å². The van der Waals surface area contributed by atoms with Crippen LogP contribution in [0, 0.1) is 0 Å². The lowest BCUT2D eigenvalue weighted by Gasteiger charge is -2.21. The minimum atomic E-state index is -4.96. The zero-order valence-corrected chi connectivity index (χ0v) is 66.3. The molecule has 0 saturated heterocycles. The minimum Gasteiger partial charge on any atom is -0.462 e. The van der Waals surface area contributed by atoms with E-state index >= 15 is 0 Å². The van der Waals surface area contributed by atoms with E-state index in [1.54, 1.807) is 0 Å². The number of aliphatic hydroxyl groups is 1. The van der Waals surface area contributed by atoms with Gasteiger partial charge in [0.15, 0.2) is 12.2 Å². The average Bonchev–Trinajstić information content (AvgIpc) is 1.17. The molecule has 0 aromatic carbocycles. The van der Waals surface area contributed by atoms with Gasteiger partial charge in [0.2, 0.25) is 0 Å². The van der Waals surface area contributed by atoms with Crippen LogP contribution in [0.5, 0.6) is 0 Å². The maximum absolute atomic E-state index is 13.1. The van der Waals surface area contributed by atoms with Crippen LogP contribution in [0.3, 0.4) is 0 Å². The molecule has 0 aromatic heterocycles. The van der Waals surface area contributed by atoms with Crippen LogP contribution in [0.2, 0.25) is 0 Å². The molecule has 19 heteroatoms. The molecule has 0 rings (SSSR count). The molecular formula is C80H156O17P2. The van der Waals surface area contributed by atoms with Gasteiger partial charge in [-0.25, -0.2) is 9.13 Å². The van der Waals surface area contributed by atoms with Gasteiger partial charge in [0.05, 0.1) is 26.4 Å². The van der Waals surface area contributed by atoms with Crippen LogP contribution in [0.1, 0.15) is 432 Å². The topological polar surface area (TPSA) is 237 Å². The van der Waals surface area contributed by atoms with E-state index in [4.69, 9.17) is 37.0 Å². The van der Waals surface area contributed by atoms with Gasteiger partial charge >= 0.3 is 39.5 Å². The molecule has 588 valence electrons. The molecule has 0 bridgehead atoms. The molecule has 17 nitrogen and oxygen atoms in total. The van der Waals surface area contributed by atoms with Crippen LogP contribution in [0.25, 0.3) is 0 Å². The van der Waals surface area contributed by atoms with Crippen molar-refractivity contribution in [1.29, 1.82) is 0 Å². The Balaban J connectivity index is 5.17. The molecule has 99 heavy (non-hydrogen) atoms. The Hall–Kier alpha value is -1.94. The SMILES string of the molecule is CCCCCCCCCCCCCCCCCCCCCCCCC(=O)O[C@H](COC(=O)CCCCCCCCCCCCCCCCCCC)COP(=O)(O)OC[C@@H](O)COP(=O)(O)OC[C@@H](COC(=O)CCCCCCCCCCC)OC(=O)CCCCCCCCCCCCC. The predicted octanol–water partition coefficient (Wildman–Crippen LogP) is 24.2. The van der Waals surface area contributed by atoms with E-state index in [-0.39, 0.29) is 25.7 Å². The molecule has 0 heterocycles. The molecule has 0 aromatic rings. The molecule has 0 aliphatic rings. The summed E-state index contributed by atoms with van der Waals surface area (Å²) in [6.07, 6.45) is 66.7. The molecule has 5 atom stereocenters. The Kier molecular flexibility index (Phi) is 72.9. The lowest BCUT2D eigenvalue weighted by molar-refractivity contribution is -0.161. The van der Waals surface area contributed by atoms with E-state index in [1.165, 1.54) is 263 Å². The summed E-state index contributed by atoms with van der Waals surface area (Å²) in [5, 5.41) is 10.6. The van der Waals surface area contributed by atoms with Crippen molar-refractivity contribution in [3.05, 3.63) is 0 Å². The highest BCUT2D eigenvalue weighted by molar-refractivity contribution is 7.47. The molecule has 0 saturated carbocycles. The molecule has 0 amide bonds. The Bertz CT molecular complexity index is 1880. The molecule has 0 aliphatic carbocycles. The van der Waals surface area contributed by atoms with E-state index < -0.39 is 97.5 Å². The van der Waals surface area contributed by atoms with Crippen molar-refractivity contribution < 1.29 is 80.2 Å². The van der Waals surface area contributed by atoms with Crippen molar-refractivity contribution in [1.82, 2.24) is 0 Å². The standard InChI is InChI=1S/C80H156O17P2/c1-5-9-13-17-21-25-28-30-32-34-35-36-37-38-40-42-44-47-51-55-59-63-67-80(85)97-76(71-91-78(83)65-61-57-53-49-46-43-41-39-33-31-29-26-22-18-14-10-6-2)73-95-99(88,89)93-69-74(81)68-92-98(86,87)94-72-75(70-90-77(82)64-60-56-52-48-24-20-16-12-8-4)96-79(84)66-62-58-54-50-45-27-23-19-15-11-7-3/h74-76,81H,5-73H2,1-4H3,(H,86,87)(H,88,89)/t74-,75+,76+/m0/s1. The maximum atomic E-state index is 13.1. The van der Waals surface area contributed by atoms with Gasteiger partial charge in [-0.05, 0) is 25.7 Å². The Morgan fingerprint density at radius 2 is 0.404 bits per heavy atom. The highest BCUT2D eigenvalue weighted by atomic mass is 31.2. The predicted molar refractivity (Wildman–Crippen MR) is 405 cm³/mol. The first-order valence-electron chi connectivity index (χ1n) is 41.8. The number of phosphoric acid groups is 2. The molecule has 0 fully saturated rings. The second-order valence-electron chi connectivity index (χ2n) is 28.8. The van der Waals surface area contributed by atoms with E-state index in [0.717, 1.165) is 89.9 Å². The molecule has 0 radical (unpaired) electrons. The van der Waals surface area contributed by atoms with E-state index in [1.807, 2.05) is 0 Å². The first-order valence-corrected chi connectivity index (χ1v) is 44.8. The fourth-order valence-electron chi connectivity index (χ4n) is 12.5. The van der Waals surface area contributed by atoms with Crippen LogP contribution < -0.4 is 0 Å². The monoisotopic (exact) mass is 1450 g/mol. The van der Waals surface area contributed by atoms with Crippen LogP contribution in [-0.4, -0.2) is 96.7 Å². The number of unbranched alkanes of at least 4 members (excludes halogenated alkanes) is 55. The van der Waals surface area contributed by atoms with Crippen LogP contribution >= 0.6 is 15.6 Å². The highest BCUT2D eigenvalue weighted by Gasteiger charge is 2.30. The Morgan fingerprint density at radius 3 is 0.596 bits per heavy atom. The second kappa shape index (κ2) is 74.3. The van der Waals surface area contributed by atoms with E-state index in [0.29, 0.717) is 25.7 Å². The third-order valence-electron chi connectivity index (χ3n) is 18.9. The number of rotatable bonds is 81. The van der Waals surface area contributed by atoms with Crippen LogP contribution in [0.15, 0.2) is 0 Å². The number of esters is 4. The smallest absolute Gasteiger partial charge is 0.462 e. The third-order valence-corrected chi connectivity index (χ3v) is 20.8. The van der Waals surface area contributed by atoms with Gasteiger partial charge < -0.3 is 33.8 Å². The molecule has 0 spiro atoms. The Labute approximate surface area is 607 Å².